The van der Waals surface area contributed by atoms with Gasteiger partial charge in [0.1, 0.15) is 5.52 Å². The molecule has 1 fully saturated rings. The molecule has 7 rings (SSSR count). The summed E-state index contributed by atoms with van der Waals surface area (Å²) >= 11 is 7.82. The molecule has 0 unspecified atom stereocenters. The Morgan fingerprint density at radius 1 is 0.820 bits per heavy atom. The van der Waals surface area contributed by atoms with Gasteiger partial charge in [-0.2, -0.15) is 0 Å². The van der Waals surface area contributed by atoms with Gasteiger partial charge in [-0.1, -0.05) is 71.4 Å². The van der Waals surface area contributed by atoms with Crippen molar-refractivity contribution in [2.45, 2.75) is 22.9 Å². The molecule has 6 aromatic rings. The first kappa shape index (κ1) is 33.8. The number of rotatable bonds is 11. The lowest BCUT2D eigenvalue weighted by atomic mass is 9.99. The molecule has 12 heteroatoms. The quantitative estimate of drug-likeness (QED) is 0.143. The number of aryl methyl sites for hydroxylation is 1. The van der Waals surface area contributed by atoms with Crippen LogP contribution in [0, 0.1) is 0 Å². The van der Waals surface area contributed by atoms with Crippen molar-refractivity contribution in [3.63, 3.8) is 0 Å². The highest BCUT2D eigenvalue weighted by Crippen LogP contribution is 2.27. The standard InChI is InChI=1S/C38H35ClN6O3S2/c39-31-14-10-28(11-15-31)35-9-5-4-6-30(35)27-43-20-22-44(23-21-43)32-16-12-29(13-17-32)38(46)41-50(47,48)34-18-19-37-36(26-34)40-42-45(37)24-25-49-33-7-2-1-3-8-33/h1-19,26H,20-25,27H2,(H,41,46). The van der Waals surface area contributed by atoms with Gasteiger partial charge in [0.05, 0.1) is 17.0 Å². The van der Waals surface area contributed by atoms with Crippen molar-refractivity contribution < 1.29 is 13.2 Å². The number of nitrogens with one attached hydrogen (secondary N) is 1. The van der Waals surface area contributed by atoms with Crippen LogP contribution >= 0.6 is 23.4 Å². The van der Waals surface area contributed by atoms with E-state index in [0.717, 1.165) is 65.2 Å². The molecule has 1 N–H and O–H groups in total. The van der Waals surface area contributed by atoms with Crippen LogP contribution in [0.25, 0.3) is 22.2 Å². The van der Waals surface area contributed by atoms with Crippen molar-refractivity contribution in [3.05, 3.63) is 137 Å². The zero-order valence-electron chi connectivity index (χ0n) is 27.2. The zero-order chi connectivity index (χ0) is 34.5. The second kappa shape index (κ2) is 15.1. The molecule has 50 heavy (non-hydrogen) atoms. The monoisotopic (exact) mass is 722 g/mol. The molecule has 0 atom stereocenters. The summed E-state index contributed by atoms with van der Waals surface area (Å²) in [6.07, 6.45) is 0. The van der Waals surface area contributed by atoms with Crippen molar-refractivity contribution in [1.82, 2.24) is 24.6 Å². The van der Waals surface area contributed by atoms with Gasteiger partial charge in [-0.05, 0) is 83.4 Å². The van der Waals surface area contributed by atoms with E-state index in [2.05, 4.69) is 73.4 Å². The van der Waals surface area contributed by atoms with Gasteiger partial charge in [0.15, 0.2) is 0 Å². The fraction of sp³-hybridized carbons (Fsp3) is 0.184. The predicted molar refractivity (Wildman–Crippen MR) is 200 cm³/mol. The van der Waals surface area contributed by atoms with Crippen molar-refractivity contribution in [3.8, 4) is 11.1 Å². The van der Waals surface area contributed by atoms with E-state index in [1.807, 2.05) is 42.5 Å². The van der Waals surface area contributed by atoms with Crippen LogP contribution in [-0.4, -0.2) is 66.2 Å². The molecule has 0 spiro atoms. The molecular formula is C38H35ClN6O3S2. The Balaban J connectivity index is 0.931. The molecule has 9 nitrogen and oxygen atoms in total. The molecule has 1 amide bonds. The minimum atomic E-state index is -4.13. The molecule has 0 saturated carbocycles. The molecular weight excluding hydrogens is 688 g/mol. The van der Waals surface area contributed by atoms with Crippen LogP contribution < -0.4 is 9.62 Å². The first-order valence-electron chi connectivity index (χ1n) is 16.3. The summed E-state index contributed by atoms with van der Waals surface area (Å²) in [5.41, 5.74) is 6.05. The molecule has 0 bridgehead atoms. The van der Waals surface area contributed by atoms with E-state index in [1.165, 1.54) is 23.3 Å². The third-order valence-corrected chi connectivity index (χ3v) is 11.3. The van der Waals surface area contributed by atoms with Crippen LogP contribution in [0.15, 0.2) is 131 Å². The Labute approximate surface area is 300 Å². The van der Waals surface area contributed by atoms with E-state index >= 15 is 0 Å². The van der Waals surface area contributed by atoms with Gasteiger partial charge in [-0.3, -0.25) is 9.69 Å². The maximum absolute atomic E-state index is 13.2. The summed E-state index contributed by atoms with van der Waals surface area (Å²) in [5.74, 6) is 0.0939. The largest absolute Gasteiger partial charge is 0.369 e. The minimum Gasteiger partial charge on any atom is -0.369 e. The summed E-state index contributed by atoms with van der Waals surface area (Å²) in [7, 11) is -4.13. The van der Waals surface area contributed by atoms with E-state index in [1.54, 1.807) is 34.6 Å². The summed E-state index contributed by atoms with van der Waals surface area (Å²) in [5, 5.41) is 9.10. The number of hydrogen-bond donors (Lipinski definition) is 1. The lowest BCUT2D eigenvalue weighted by Gasteiger charge is -2.36. The SMILES string of the molecule is O=C(NS(=O)(=O)c1ccc2c(c1)nnn2CCSc1ccccc1)c1ccc(N2CCN(Cc3ccccc3-c3ccc(Cl)cc3)CC2)cc1. The number of sulfonamides is 1. The van der Waals surface area contributed by atoms with E-state index in [9.17, 15) is 13.2 Å². The predicted octanol–water partition coefficient (Wildman–Crippen LogP) is 6.98. The molecule has 254 valence electrons. The van der Waals surface area contributed by atoms with Crippen LogP contribution in [0.4, 0.5) is 5.69 Å². The molecule has 1 aliphatic rings. The second-order valence-corrected chi connectivity index (χ2v) is 15.3. The van der Waals surface area contributed by atoms with E-state index in [0.29, 0.717) is 12.1 Å². The van der Waals surface area contributed by atoms with Gasteiger partial charge in [-0.15, -0.1) is 16.9 Å². The van der Waals surface area contributed by atoms with Crippen LogP contribution in [0.1, 0.15) is 15.9 Å². The van der Waals surface area contributed by atoms with Gasteiger partial charge in [0.25, 0.3) is 15.9 Å². The van der Waals surface area contributed by atoms with Gasteiger partial charge >= 0.3 is 0 Å². The highest BCUT2D eigenvalue weighted by Gasteiger charge is 2.22. The first-order valence-corrected chi connectivity index (χ1v) is 19.2. The number of carbonyl (C=O) groups is 1. The van der Waals surface area contributed by atoms with E-state index < -0.39 is 15.9 Å². The third kappa shape index (κ3) is 7.87. The van der Waals surface area contributed by atoms with Crippen molar-refractivity contribution in [2.24, 2.45) is 0 Å². The van der Waals surface area contributed by atoms with Crippen LogP contribution in [0.3, 0.4) is 0 Å². The summed E-state index contributed by atoms with van der Waals surface area (Å²) in [4.78, 5) is 18.9. The molecule has 1 aliphatic heterocycles. The maximum atomic E-state index is 13.2. The third-order valence-electron chi connectivity index (χ3n) is 8.77. The fourth-order valence-corrected chi connectivity index (χ4v) is 8.06. The Morgan fingerprint density at radius 3 is 2.30 bits per heavy atom. The number of fused-ring (bicyclic) bond motifs is 1. The fourth-order valence-electron chi connectivity index (χ4n) is 6.09. The number of aromatic nitrogens is 3. The molecule has 5 aromatic carbocycles. The Kier molecular flexibility index (Phi) is 10.2. The normalized spacial score (nSPS) is 13.8. The summed E-state index contributed by atoms with van der Waals surface area (Å²) < 4.78 is 30.3. The van der Waals surface area contributed by atoms with Crippen molar-refractivity contribution in [2.75, 3.05) is 36.8 Å². The van der Waals surface area contributed by atoms with Crippen LogP contribution in [-0.2, 0) is 23.1 Å². The highest BCUT2D eigenvalue weighted by molar-refractivity contribution is 7.99. The van der Waals surface area contributed by atoms with Crippen LogP contribution in [0.5, 0.6) is 0 Å². The van der Waals surface area contributed by atoms with Gasteiger partial charge in [0.2, 0.25) is 0 Å². The second-order valence-electron chi connectivity index (χ2n) is 12.0. The Hall–Kier alpha value is -4.68. The maximum Gasteiger partial charge on any atom is 0.264 e. The number of benzene rings is 5. The number of thioether (sulfide) groups is 1. The molecule has 0 aliphatic carbocycles. The number of anilines is 1. The lowest BCUT2D eigenvalue weighted by Crippen LogP contribution is -2.46. The highest BCUT2D eigenvalue weighted by atomic mass is 35.5. The number of nitrogens with zero attached hydrogens (tertiary/aromatic N) is 5. The van der Waals surface area contributed by atoms with Gasteiger partial charge in [0, 0.05) is 59.6 Å². The molecule has 2 heterocycles. The number of halogens is 1. The number of hydrogen-bond acceptors (Lipinski definition) is 8. The van der Waals surface area contributed by atoms with Gasteiger partial charge < -0.3 is 4.90 Å². The average molecular weight is 723 g/mol. The molecule has 1 saturated heterocycles. The Bertz CT molecular complexity index is 2200. The molecule has 0 radical (unpaired) electrons. The topological polar surface area (TPSA) is 100 Å². The first-order chi connectivity index (χ1) is 24.3. The summed E-state index contributed by atoms with van der Waals surface area (Å²) in [6.45, 7) is 4.91. The van der Waals surface area contributed by atoms with E-state index in [-0.39, 0.29) is 10.5 Å². The van der Waals surface area contributed by atoms with E-state index in [4.69, 9.17) is 11.6 Å². The lowest BCUT2D eigenvalue weighted by molar-refractivity contribution is 0.0981. The minimum absolute atomic E-state index is 0.0469. The Morgan fingerprint density at radius 2 is 1.54 bits per heavy atom. The van der Waals surface area contributed by atoms with Crippen LogP contribution in [0.2, 0.25) is 5.02 Å². The van der Waals surface area contributed by atoms with Gasteiger partial charge in [-0.25, -0.2) is 17.8 Å². The van der Waals surface area contributed by atoms with Crippen molar-refractivity contribution in [1.29, 1.82) is 0 Å². The summed E-state index contributed by atoms with van der Waals surface area (Å²) in [6, 6.07) is 38.2. The number of amides is 1. The zero-order valence-corrected chi connectivity index (χ0v) is 29.5. The number of carbonyl (C=O) groups excluding carboxylic acids is 1. The smallest absolute Gasteiger partial charge is 0.264 e. The van der Waals surface area contributed by atoms with Crippen molar-refractivity contribution >= 4 is 56.0 Å². The number of piperazine rings is 1. The molecule has 1 aromatic heterocycles. The average Bonchev–Trinajstić information content (AvgIpc) is 3.55.